The Labute approximate surface area is 121 Å². The van der Waals surface area contributed by atoms with E-state index in [0.717, 1.165) is 49.4 Å². The predicted octanol–water partition coefficient (Wildman–Crippen LogP) is 2.38. The summed E-state index contributed by atoms with van der Waals surface area (Å²) in [6.45, 7) is 6.52. The van der Waals surface area contributed by atoms with Gasteiger partial charge >= 0.3 is 0 Å². The predicted molar refractivity (Wildman–Crippen MR) is 81.1 cm³/mol. The second kappa shape index (κ2) is 7.04. The molecule has 2 rings (SSSR count). The second-order valence-corrected chi connectivity index (χ2v) is 5.92. The van der Waals surface area contributed by atoms with Gasteiger partial charge in [0.05, 0.1) is 6.10 Å². The molecule has 1 atom stereocenters. The summed E-state index contributed by atoms with van der Waals surface area (Å²) >= 11 is 0. The van der Waals surface area contributed by atoms with Gasteiger partial charge in [-0.15, -0.1) is 0 Å². The van der Waals surface area contributed by atoms with Crippen molar-refractivity contribution >= 4 is 0 Å². The molecule has 1 fully saturated rings. The molecule has 0 bridgehead atoms. The monoisotopic (exact) mass is 278 g/mol. The Bertz CT molecular complexity index is 490. The molecule has 2 heterocycles. The van der Waals surface area contributed by atoms with E-state index in [1.54, 1.807) is 0 Å². The third kappa shape index (κ3) is 3.93. The third-order valence-electron chi connectivity index (χ3n) is 4.13. The zero-order chi connectivity index (χ0) is 14.5. The Hall–Kier alpha value is -1.13. The van der Waals surface area contributed by atoms with Gasteiger partial charge in [-0.1, -0.05) is 0 Å². The van der Waals surface area contributed by atoms with Crippen molar-refractivity contribution in [2.75, 3.05) is 20.2 Å². The van der Waals surface area contributed by atoms with Crippen molar-refractivity contribution in [2.45, 2.75) is 52.2 Å². The van der Waals surface area contributed by atoms with Crippen LogP contribution in [0.1, 0.15) is 42.5 Å². The van der Waals surface area contributed by atoms with Crippen LogP contribution in [0.15, 0.2) is 11.0 Å². The molecule has 1 aromatic heterocycles. The Kier molecular flexibility index (Phi) is 5.38. The van der Waals surface area contributed by atoms with Crippen LogP contribution in [0.5, 0.6) is 0 Å². The molecular weight excluding hydrogens is 252 g/mol. The van der Waals surface area contributed by atoms with Crippen molar-refractivity contribution in [3.05, 3.63) is 33.2 Å². The molecule has 0 saturated carbocycles. The van der Waals surface area contributed by atoms with Crippen LogP contribution in [0.3, 0.4) is 0 Å². The zero-order valence-electron chi connectivity index (χ0n) is 12.9. The van der Waals surface area contributed by atoms with Gasteiger partial charge in [-0.25, -0.2) is 0 Å². The molecule has 1 N–H and O–H groups in total. The van der Waals surface area contributed by atoms with Crippen molar-refractivity contribution in [2.24, 2.45) is 0 Å². The fourth-order valence-corrected chi connectivity index (χ4v) is 2.78. The Morgan fingerprint density at radius 3 is 2.95 bits per heavy atom. The SMILES string of the molecule is Cc1c[nH]c(CN(C)CCC[C@H]2CCCO2)c(C)c1=O. The molecule has 0 aromatic carbocycles. The number of H-pyrrole nitrogens is 1. The van der Waals surface area contributed by atoms with Gasteiger partial charge in [0.15, 0.2) is 5.43 Å². The molecule has 0 unspecified atom stereocenters. The van der Waals surface area contributed by atoms with Gasteiger partial charge in [0.2, 0.25) is 0 Å². The maximum absolute atomic E-state index is 11.9. The number of hydrogen-bond acceptors (Lipinski definition) is 3. The lowest BCUT2D eigenvalue weighted by Crippen LogP contribution is -2.24. The van der Waals surface area contributed by atoms with E-state index in [0.29, 0.717) is 6.10 Å². The van der Waals surface area contributed by atoms with Crippen LogP contribution >= 0.6 is 0 Å². The summed E-state index contributed by atoms with van der Waals surface area (Å²) in [5.41, 5.74) is 2.81. The lowest BCUT2D eigenvalue weighted by molar-refractivity contribution is 0.0994. The number of rotatable bonds is 6. The van der Waals surface area contributed by atoms with Gasteiger partial charge in [-0.3, -0.25) is 4.79 Å². The maximum Gasteiger partial charge on any atom is 0.187 e. The number of pyridine rings is 1. The minimum atomic E-state index is 0.159. The average Bonchev–Trinajstić information content (AvgIpc) is 2.93. The highest BCUT2D eigenvalue weighted by Gasteiger charge is 2.15. The van der Waals surface area contributed by atoms with Crippen LogP contribution in [-0.4, -0.2) is 36.2 Å². The molecule has 4 nitrogen and oxygen atoms in total. The van der Waals surface area contributed by atoms with Gasteiger partial charge in [0.25, 0.3) is 0 Å². The van der Waals surface area contributed by atoms with Crippen molar-refractivity contribution in [1.29, 1.82) is 0 Å². The topological polar surface area (TPSA) is 45.3 Å². The molecule has 1 aromatic rings. The van der Waals surface area contributed by atoms with E-state index < -0.39 is 0 Å². The Morgan fingerprint density at radius 2 is 2.25 bits per heavy atom. The number of nitrogens with zero attached hydrogens (tertiary/aromatic N) is 1. The van der Waals surface area contributed by atoms with Gasteiger partial charge in [0, 0.05) is 36.2 Å². The molecule has 0 amide bonds. The molecule has 112 valence electrons. The van der Waals surface area contributed by atoms with Crippen molar-refractivity contribution < 1.29 is 4.74 Å². The molecule has 20 heavy (non-hydrogen) atoms. The highest BCUT2D eigenvalue weighted by atomic mass is 16.5. The van der Waals surface area contributed by atoms with Crippen molar-refractivity contribution in [3.63, 3.8) is 0 Å². The summed E-state index contributed by atoms with van der Waals surface area (Å²) < 4.78 is 5.64. The average molecular weight is 278 g/mol. The molecule has 1 saturated heterocycles. The normalized spacial score (nSPS) is 18.9. The molecule has 4 heteroatoms. The van der Waals surface area contributed by atoms with E-state index >= 15 is 0 Å². The van der Waals surface area contributed by atoms with Crippen molar-refractivity contribution in [3.8, 4) is 0 Å². The van der Waals surface area contributed by atoms with E-state index in [2.05, 4.69) is 16.9 Å². The first-order chi connectivity index (χ1) is 9.58. The quantitative estimate of drug-likeness (QED) is 0.869. The van der Waals surface area contributed by atoms with Crippen LogP contribution < -0.4 is 5.43 Å². The third-order valence-corrected chi connectivity index (χ3v) is 4.13. The Balaban J connectivity index is 1.80. The summed E-state index contributed by atoms with van der Waals surface area (Å²) in [6, 6.07) is 0. The molecule has 1 aliphatic heterocycles. The maximum atomic E-state index is 11.9. The van der Waals surface area contributed by atoms with Gasteiger partial charge in [0.1, 0.15) is 0 Å². The van der Waals surface area contributed by atoms with Crippen LogP contribution in [0.4, 0.5) is 0 Å². The highest BCUT2D eigenvalue weighted by Crippen LogP contribution is 2.17. The number of ether oxygens (including phenoxy) is 1. The second-order valence-electron chi connectivity index (χ2n) is 5.92. The summed E-state index contributed by atoms with van der Waals surface area (Å²) in [7, 11) is 2.10. The van der Waals surface area contributed by atoms with Gasteiger partial charge in [-0.05, 0) is 53.1 Å². The number of nitrogens with one attached hydrogen (secondary N) is 1. The summed E-state index contributed by atoms with van der Waals surface area (Å²) in [6.07, 6.45) is 7.01. The van der Waals surface area contributed by atoms with E-state index in [4.69, 9.17) is 4.74 Å². The van der Waals surface area contributed by atoms with Crippen LogP contribution in [0.2, 0.25) is 0 Å². The summed E-state index contributed by atoms with van der Waals surface area (Å²) in [5, 5.41) is 0. The molecule has 0 spiro atoms. The fourth-order valence-electron chi connectivity index (χ4n) is 2.78. The first-order valence-electron chi connectivity index (χ1n) is 7.56. The molecule has 1 aliphatic rings. The molecule has 0 aliphatic carbocycles. The van der Waals surface area contributed by atoms with Gasteiger partial charge < -0.3 is 14.6 Å². The smallest absolute Gasteiger partial charge is 0.187 e. The number of aromatic amines is 1. The standard InChI is InChI=1S/C16H26N2O2/c1-12-10-17-15(13(2)16(12)19)11-18(3)8-4-6-14-7-5-9-20-14/h10,14H,4-9,11H2,1-3H3,(H,17,19)/t14-/m0/s1. The Morgan fingerprint density at radius 1 is 1.45 bits per heavy atom. The van der Waals surface area contributed by atoms with Crippen LogP contribution in [-0.2, 0) is 11.3 Å². The number of aromatic nitrogens is 1. The lowest BCUT2D eigenvalue weighted by atomic mass is 10.1. The largest absolute Gasteiger partial charge is 0.378 e. The molecular formula is C16H26N2O2. The first-order valence-corrected chi connectivity index (χ1v) is 7.56. The highest BCUT2D eigenvalue weighted by molar-refractivity contribution is 5.23. The minimum Gasteiger partial charge on any atom is -0.378 e. The van der Waals surface area contributed by atoms with E-state index in [1.165, 1.54) is 12.8 Å². The van der Waals surface area contributed by atoms with E-state index in [9.17, 15) is 4.79 Å². The number of aryl methyl sites for hydroxylation is 1. The minimum absolute atomic E-state index is 0.159. The fraction of sp³-hybridized carbons (Fsp3) is 0.688. The van der Waals surface area contributed by atoms with Crippen molar-refractivity contribution in [1.82, 2.24) is 9.88 Å². The van der Waals surface area contributed by atoms with E-state index in [1.807, 2.05) is 20.0 Å². The van der Waals surface area contributed by atoms with E-state index in [-0.39, 0.29) is 5.43 Å². The summed E-state index contributed by atoms with van der Waals surface area (Å²) in [5.74, 6) is 0. The zero-order valence-corrected chi connectivity index (χ0v) is 12.9. The summed E-state index contributed by atoms with van der Waals surface area (Å²) in [4.78, 5) is 17.4. The lowest BCUT2D eigenvalue weighted by Gasteiger charge is -2.18. The molecule has 0 radical (unpaired) electrons. The van der Waals surface area contributed by atoms with Gasteiger partial charge in [-0.2, -0.15) is 0 Å². The van der Waals surface area contributed by atoms with Crippen LogP contribution in [0.25, 0.3) is 0 Å². The number of hydrogen-bond donors (Lipinski definition) is 1. The van der Waals surface area contributed by atoms with Crippen LogP contribution in [0, 0.1) is 13.8 Å². The first kappa shape index (κ1) is 15.3.